The highest BCUT2D eigenvalue weighted by molar-refractivity contribution is 5.84. The molecule has 0 rings (SSSR count). The zero-order chi connectivity index (χ0) is 13.4. The number of carbonyl (C=O) groups excluding carboxylic acids is 1. The van der Waals surface area contributed by atoms with E-state index < -0.39 is 31.0 Å². The third-order valence-corrected chi connectivity index (χ3v) is 2.70. The van der Waals surface area contributed by atoms with Gasteiger partial charge in [-0.15, -0.1) is 0 Å². The second-order valence-corrected chi connectivity index (χ2v) is 4.18. The van der Waals surface area contributed by atoms with Gasteiger partial charge in [0.1, 0.15) is 18.3 Å². The molecule has 0 aromatic heterocycles. The standard InChI is InChI=1S/C11H23NO5/c1-2-3-4-5-7(14)9(12)11(17)10(16)8(15)6-13/h8-11,13,15-17H,2-6,12H2,1H3/t8-,9-,10-,11-/m1/s1. The van der Waals surface area contributed by atoms with Gasteiger partial charge in [-0.3, -0.25) is 4.79 Å². The quantitative estimate of drug-likeness (QED) is 0.318. The first-order valence-corrected chi connectivity index (χ1v) is 5.89. The van der Waals surface area contributed by atoms with Crippen LogP contribution in [0.3, 0.4) is 0 Å². The van der Waals surface area contributed by atoms with Crippen LogP contribution in [-0.4, -0.2) is 57.2 Å². The SMILES string of the molecule is CCCCCC(=O)[C@@H](N)[C@@H](O)[C@H](O)[C@H](O)CO. The van der Waals surface area contributed by atoms with Gasteiger partial charge >= 0.3 is 0 Å². The fourth-order valence-corrected chi connectivity index (χ4v) is 1.45. The van der Waals surface area contributed by atoms with Crippen molar-refractivity contribution in [2.45, 2.75) is 57.0 Å². The molecule has 0 radical (unpaired) electrons. The van der Waals surface area contributed by atoms with Crippen molar-refractivity contribution in [3.05, 3.63) is 0 Å². The molecule has 0 aliphatic heterocycles. The van der Waals surface area contributed by atoms with E-state index >= 15 is 0 Å². The van der Waals surface area contributed by atoms with Crippen molar-refractivity contribution in [2.24, 2.45) is 5.73 Å². The van der Waals surface area contributed by atoms with Crippen LogP contribution in [0.1, 0.15) is 32.6 Å². The number of aliphatic hydroxyl groups excluding tert-OH is 4. The summed E-state index contributed by atoms with van der Waals surface area (Å²) in [6.45, 7) is 1.30. The number of aliphatic hydroxyl groups is 4. The van der Waals surface area contributed by atoms with Crippen molar-refractivity contribution >= 4 is 5.78 Å². The average molecular weight is 249 g/mol. The topological polar surface area (TPSA) is 124 Å². The Bertz CT molecular complexity index is 224. The molecule has 6 nitrogen and oxygen atoms in total. The fraction of sp³-hybridized carbons (Fsp3) is 0.909. The van der Waals surface area contributed by atoms with Gasteiger partial charge in [-0.05, 0) is 6.42 Å². The number of Topliss-reactive ketones (excluding diaryl/α,β-unsaturated/α-hetero) is 1. The van der Waals surface area contributed by atoms with Crippen LogP contribution in [0, 0.1) is 0 Å². The number of carbonyl (C=O) groups is 1. The van der Waals surface area contributed by atoms with Gasteiger partial charge in [-0.25, -0.2) is 0 Å². The van der Waals surface area contributed by atoms with Crippen LogP contribution in [0.4, 0.5) is 0 Å². The summed E-state index contributed by atoms with van der Waals surface area (Å²) in [4.78, 5) is 11.5. The van der Waals surface area contributed by atoms with E-state index in [9.17, 15) is 15.0 Å². The molecular weight excluding hydrogens is 226 g/mol. The van der Waals surface area contributed by atoms with Crippen LogP contribution in [0.25, 0.3) is 0 Å². The summed E-state index contributed by atoms with van der Waals surface area (Å²) in [5.41, 5.74) is 5.48. The average Bonchev–Trinajstić information content (AvgIpc) is 2.35. The van der Waals surface area contributed by atoms with Crippen molar-refractivity contribution in [3.63, 3.8) is 0 Å². The van der Waals surface area contributed by atoms with Crippen molar-refractivity contribution in [2.75, 3.05) is 6.61 Å². The van der Waals surface area contributed by atoms with Crippen LogP contribution in [0.15, 0.2) is 0 Å². The van der Waals surface area contributed by atoms with E-state index in [0.29, 0.717) is 6.42 Å². The third-order valence-electron chi connectivity index (χ3n) is 2.70. The van der Waals surface area contributed by atoms with E-state index in [-0.39, 0.29) is 12.2 Å². The molecule has 0 heterocycles. The molecule has 0 aromatic rings. The number of unbranched alkanes of at least 4 members (excludes halogenated alkanes) is 2. The Morgan fingerprint density at radius 3 is 2.24 bits per heavy atom. The molecule has 6 heteroatoms. The summed E-state index contributed by atoms with van der Waals surface area (Å²) in [6.07, 6.45) is -1.88. The number of hydrogen-bond donors (Lipinski definition) is 5. The first-order chi connectivity index (χ1) is 7.95. The Kier molecular flexibility index (Phi) is 8.28. The van der Waals surface area contributed by atoms with Crippen LogP contribution in [0.2, 0.25) is 0 Å². The van der Waals surface area contributed by atoms with Gasteiger partial charge in [0.15, 0.2) is 5.78 Å². The Labute approximate surface area is 101 Å². The van der Waals surface area contributed by atoms with Crippen molar-refractivity contribution in [3.8, 4) is 0 Å². The first-order valence-electron chi connectivity index (χ1n) is 5.89. The van der Waals surface area contributed by atoms with E-state index in [0.717, 1.165) is 12.8 Å². The largest absolute Gasteiger partial charge is 0.394 e. The van der Waals surface area contributed by atoms with Crippen molar-refractivity contribution in [1.82, 2.24) is 0 Å². The highest BCUT2D eigenvalue weighted by Gasteiger charge is 2.32. The van der Waals surface area contributed by atoms with E-state index in [1.165, 1.54) is 0 Å². The van der Waals surface area contributed by atoms with Gasteiger partial charge in [-0.1, -0.05) is 19.8 Å². The van der Waals surface area contributed by atoms with Gasteiger partial charge in [0.2, 0.25) is 0 Å². The lowest BCUT2D eigenvalue weighted by Crippen LogP contribution is -2.52. The molecule has 0 spiro atoms. The second kappa shape index (κ2) is 8.54. The smallest absolute Gasteiger partial charge is 0.152 e. The zero-order valence-electron chi connectivity index (χ0n) is 10.1. The zero-order valence-corrected chi connectivity index (χ0v) is 10.1. The van der Waals surface area contributed by atoms with Crippen LogP contribution >= 0.6 is 0 Å². The number of ketones is 1. The fourth-order valence-electron chi connectivity index (χ4n) is 1.45. The lowest BCUT2D eigenvalue weighted by atomic mass is 9.96. The number of rotatable bonds is 9. The molecule has 0 unspecified atom stereocenters. The molecular formula is C11H23NO5. The monoisotopic (exact) mass is 249 g/mol. The highest BCUT2D eigenvalue weighted by Crippen LogP contribution is 2.08. The second-order valence-electron chi connectivity index (χ2n) is 4.18. The summed E-state index contributed by atoms with van der Waals surface area (Å²) < 4.78 is 0. The van der Waals surface area contributed by atoms with Gasteiger partial charge in [0.05, 0.1) is 12.6 Å². The van der Waals surface area contributed by atoms with Crippen LogP contribution in [-0.2, 0) is 4.79 Å². The van der Waals surface area contributed by atoms with E-state index in [4.69, 9.17) is 15.9 Å². The van der Waals surface area contributed by atoms with Crippen molar-refractivity contribution in [1.29, 1.82) is 0 Å². The summed E-state index contributed by atoms with van der Waals surface area (Å²) in [5.74, 6) is -0.352. The first kappa shape index (κ1) is 16.5. The minimum absolute atomic E-state index is 0.244. The molecule has 0 saturated carbocycles. The molecule has 17 heavy (non-hydrogen) atoms. The summed E-state index contributed by atoms with van der Waals surface area (Å²) in [7, 11) is 0. The van der Waals surface area contributed by atoms with Gasteiger partial charge in [0.25, 0.3) is 0 Å². The molecule has 6 N–H and O–H groups in total. The Hall–Kier alpha value is -0.530. The molecule has 0 amide bonds. The Morgan fingerprint density at radius 1 is 1.18 bits per heavy atom. The molecule has 0 fully saturated rings. The number of nitrogens with two attached hydrogens (primary N) is 1. The Balaban J connectivity index is 4.18. The van der Waals surface area contributed by atoms with Crippen LogP contribution < -0.4 is 5.73 Å². The van der Waals surface area contributed by atoms with Gasteiger partial charge < -0.3 is 26.2 Å². The lowest BCUT2D eigenvalue weighted by Gasteiger charge is -2.25. The van der Waals surface area contributed by atoms with Gasteiger partial charge in [0, 0.05) is 6.42 Å². The van der Waals surface area contributed by atoms with E-state index in [1.54, 1.807) is 0 Å². The van der Waals surface area contributed by atoms with E-state index in [1.807, 2.05) is 6.92 Å². The molecule has 4 atom stereocenters. The molecule has 0 aromatic carbocycles. The predicted octanol–water partition coefficient (Wildman–Crippen LogP) is -1.46. The minimum Gasteiger partial charge on any atom is -0.394 e. The highest BCUT2D eigenvalue weighted by atomic mass is 16.4. The maximum atomic E-state index is 11.5. The van der Waals surface area contributed by atoms with E-state index in [2.05, 4.69) is 0 Å². The molecule has 0 aliphatic rings. The maximum Gasteiger partial charge on any atom is 0.152 e. The minimum atomic E-state index is -1.62. The van der Waals surface area contributed by atoms with Gasteiger partial charge in [-0.2, -0.15) is 0 Å². The molecule has 0 aliphatic carbocycles. The predicted molar refractivity (Wildman–Crippen MR) is 62.2 cm³/mol. The molecule has 0 bridgehead atoms. The van der Waals surface area contributed by atoms with Crippen LogP contribution in [0.5, 0.6) is 0 Å². The summed E-state index contributed by atoms with van der Waals surface area (Å²) in [5, 5.41) is 36.6. The lowest BCUT2D eigenvalue weighted by molar-refractivity contribution is -0.129. The maximum absolute atomic E-state index is 11.5. The Morgan fingerprint density at radius 2 is 1.76 bits per heavy atom. The molecule has 0 saturated heterocycles. The third kappa shape index (κ3) is 5.56. The number of hydrogen-bond acceptors (Lipinski definition) is 6. The summed E-state index contributed by atoms with van der Waals surface area (Å²) >= 11 is 0. The summed E-state index contributed by atoms with van der Waals surface area (Å²) in [6, 6.07) is -1.23. The van der Waals surface area contributed by atoms with Crippen molar-refractivity contribution < 1.29 is 25.2 Å². The molecule has 102 valence electrons. The normalized spacial score (nSPS) is 18.5.